The molecule has 0 radical (unpaired) electrons. The van der Waals surface area contributed by atoms with Gasteiger partial charge in [-0.1, -0.05) is 24.3 Å². The van der Waals surface area contributed by atoms with Gasteiger partial charge < -0.3 is 10.1 Å². The highest BCUT2D eigenvalue weighted by Gasteiger charge is 1.97. The lowest BCUT2D eigenvalue weighted by Gasteiger charge is -2.08. The van der Waals surface area contributed by atoms with Gasteiger partial charge in [-0.2, -0.15) is 0 Å². The lowest BCUT2D eigenvalue weighted by Crippen LogP contribution is -2.00. The predicted octanol–water partition coefficient (Wildman–Crippen LogP) is 4.05. The topological polar surface area (TPSA) is 21.3 Å². The third-order valence-electron chi connectivity index (χ3n) is 2.64. The highest BCUT2D eigenvalue weighted by atomic mass is 127. The number of hydrogen-bond acceptors (Lipinski definition) is 2. The van der Waals surface area contributed by atoms with Crippen LogP contribution >= 0.6 is 22.6 Å². The molecule has 0 amide bonds. The molecule has 0 unspecified atom stereocenters. The molecule has 2 nitrogen and oxygen atoms in total. The van der Waals surface area contributed by atoms with Gasteiger partial charge in [0.2, 0.25) is 0 Å². The Hall–Kier alpha value is -1.07. The molecule has 0 aliphatic heterocycles. The lowest BCUT2D eigenvalue weighted by molar-refractivity contribution is 0.185. The van der Waals surface area contributed by atoms with Crippen LogP contribution in [0.2, 0.25) is 0 Å². The third kappa shape index (κ3) is 3.99. The van der Waals surface area contributed by atoms with E-state index < -0.39 is 0 Å². The average Bonchev–Trinajstić information content (AvgIpc) is 2.39. The Bertz CT molecular complexity index is 496. The van der Waals surface area contributed by atoms with Gasteiger partial charge in [-0.05, 0) is 58.0 Å². The van der Waals surface area contributed by atoms with Crippen molar-refractivity contribution < 1.29 is 4.74 Å². The maximum absolute atomic E-state index is 5.14. The van der Waals surface area contributed by atoms with Crippen LogP contribution in [-0.4, -0.2) is 7.11 Å². The number of anilines is 1. The van der Waals surface area contributed by atoms with E-state index in [9.17, 15) is 0 Å². The first-order valence-electron chi connectivity index (χ1n) is 5.84. The minimum atomic E-state index is 0.664. The molecule has 2 aromatic carbocycles. The minimum absolute atomic E-state index is 0.664. The Labute approximate surface area is 122 Å². The Morgan fingerprint density at radius 1 is 1.06 bits per heavy atom. The molecule has 2 aromatic rings. The van der Waals surface area contributed by atoms with E-state index in [4.69, 9.17) is 4.74 Å². The summed E-state index contributed by atoms with van der Waals surface area (Å²) in [4.78, 5) is 0. The molecule has 3 heteroatoms. The van der Waals surface area contributed by atoms with Gasteiger partial charge in [-0.25, -0.2) is 0 Å². The molecule has 2 rings (SSSR count). The van der Waals surface area contributed by atoms with E-state index in [0.29, 0.717) is 6.61 Å². The van der Waals surface area contributed by atoms with Crippen LogP contribution in [0.15, 0.2) is 48.5 Å². The van der Waals surface area contributed by atoms with Crippen LogP contribution in [0.4, 0.5) is 5.69 Å². The monoisotopic (exact) mass is 353 g/mol. The number of halogens is 1. The summed E-state index contributed by atoms with van der Waals surface area (Å²) < 4.78 is 6.39. The van der Waals surface area contributed by atoms with Crippen molar-refractivity contribution in [2.75, 3.05) is 12.4 Å². The zero-order chi connectivity index (χ0) is 12.8. The standard InChI is InChI=1S/C15H16INO/c1-18-11-13-4-2-3-12(9-13)10-17-15-7-5-14(16)6-8-15/h2-9,17H,10-11H2,1H3. The van der Waals surface area contributed by atoms with E-state index in [0.717, 1.165) is 12.2 Å². The molecule has 18 heavy (non-hydrogen) atoms. The summed E-state index contributed by atoms with van der Waals surface area (Å²) in [5, 5.41) is 3.41. The molecule has 0 saturated carbocycles. The number of rotatable bonds is 5. The van der Waals surface area contributed by atoms with E-state index in [1.807, 2.05) is 0 Å². The van der Waals surface area contributed by atoms with Crippen LogP contribution in [0, 0.1) is 3.57 Å². The normalized spacial score (nSPS) is 10.3. The molecular formula is C15H16INO. The fourth-order valence-electron chi connectivity index (χ4n) is 1.77. The van der Waals surface area contributed by atoms with E-state index >= 15 is 0 Å². The maximum Gasteiger partial charge on any atom is 0.0713 e. The molecule has 0 spiro atoms. The number of methoxy groups -OCH3 is 1. The molecule has 0 aliphatic carbocycles. The zero-order valence-corrected chi connectivity index (χ0v) is 12.5. The number of hydrogen-bond donors (Lipinski definition) is 1. The third-order valence-corrected chi connectivity index (χ3v) is 3.36. The van der Waals surface area contributed by atoms with Gasteiger partial charge in [-0.15, -0.1) is 0 Å². The number of ether oxygens (including phenoxy) is 1. The second kappa shape index (κ2) is 6.75. The molecule has 94 valence electrons. The number of benzene rings is 2. The summed E-state index contributed by atoms with van der Waals surface area (Å²) in [6.45, 7) is 1.50. The summed E-state index contributed by atoms with van der Waals surface area (Å²) in [5.41, 5.74) is 3.62. The molecule has 1 N–H and O–H groups in total. The summed E-state index contributed by atoms with van der Waals surface area (Å²) in [5.74, 6) is 0. The molecule has 0 aliphatic rings. The SMILES string of the molecule is COCc1cccc(CNc2ccc(I)cc2)c1. The molecule has 0 atom stereocenters. The first-order valence-corrected chi connectivity index (χ1v) is 6.92. The summed E-state index contributed by atoms with van der Waals surface area (Å²) in [6.07, 6.45) is 0. The van der Waals surface area contributed by atoms with Crippen molar-refractivity contribution in [2.45, 2.75) is 13.2 Å². The quantitative estimate of drug-likeness (QED) is 0.819. The highest BCUT2D eigenvalue weighted by Crippen LogP contribution is 2.13. The maximum atomic E-state index is 5.14. The van der Waals surface area contributed by atoms with Gasteiger partial charge in [0.1, 0.15) is 0 Å². The highest BCUT2D eigenvalue weighted by molar-refractivity contribution is 14.1. The van der Waals surface area contributed by atoms with Crippen LogP contribution in [0.3, 0.4) is 0 Å². The smallest absolute Gasteiger partial charge is 0.0713 e. The Morgan fingerprint density at radius 3 is 2.50 bits per heavy atom. The molecule has 0 bridgehead atoms. The van der Waals surface area contributed by atoms with E-state index in [-0.39, 0.29) is 0 Å². The summed E-state index contributed by atoms with van der Waals surface area (Å²) in [6, 6.07) is 16.8. The lowest BCUT2D eigenvalue weighted by atomic mass is 10.1. The molecule has 0 heterocycles. The van der Waals surface area contributed by atoms with Crippen LogP contribution in [-0.2, 0) is 17.9 Å². The Kier molecular flexibility index (Phi) is 5.01. The van der Waals surface area contributed by atoms with Crippen molar-refractivity contribution >= 4 is 28.3 Å². The zero-order valence-electron chi connectivity index (χ0n) is 10.3. The van der Waals surface area contributed by atoms with Crippen LogP contribution in [0.25, 0.3) is 0 Å². The number of nitrogens with one attached hydrogen (secondary N) is 1. The predicted molar refractivity (Wildman–Crippen MR) is 83.6 cm³/mol. The van der Waals surface area contributed by atoms with E-state index in [1.54, 1.807) is 7.11 Å². The Balaban J connectivity index is 1.97. The van der Waals surface area contributed by atoms with Gasteiger partial charge in [0.05, 0.1) is 6.61 Å². The molecule has 0 saturated heterocycles. The first-order chi connectivity index (χ1) is 8.78. The fraction of sp³-hybridized carbons (Fsp3) is 0.200. The largest absolute Gasteiger partial charge is 0.381 e. The first kappa shape index (κ1) is 13.4. The van der Waals surface area contributed by atoms with Crippen LogP contribution < -0.4 is 5.32 Å². The van der Waals surface area contributed by atoms with Gasteiger partial charge in [0.15, 0.2) is 0 Å². The Morgan fingerprint density at radius 2 is 1.78 bits per heavy atom. The summed E-state index contributed by atoms with van der Waals surface area (Å²) in [7, 11) is 1.72. The summed E-state index contributed by atoms with van der Waals surface area (Å²) >= 11 is 2.31. The van der Waals surface area contributed by atoms with Crippen molar-refractivity contribution in [1.82, 2.24) is 0 Å². The van der Waals surface area contributed by atoms with Gasteiger partial charge in [0, 0.05) is 22.9 Å². The van der Waals surface area contributed by atoms with Gasteiger partial charge >= 0.3 is 0 Å². The minimum Gasteiger partial charge on any atom is -0.381 e. The van der Waals surface area contributed by atoms with Crippen molar-refractivity contribution in [3.05, 3.63) is 63.2 Å². The second-order valence-corrected chi connectivity index (χ2v) is 5.36. The van der Waals surface area contributed by atoms with Crippen LogP contribution in [0.1, 0.15) is 11.1 Å². The van der Waals surface area contributed by atoms with Crippen molar-refractivity contribution in [3.63, 3.8) is 0 Å². The van der Waals surface area contributed by atoms with Crippen molar-refractivity contribution in [2.24, 2.45) is 0 Å². The second-order valence-electron chi connectivity index (χ2n) is 4.11. The van der Waals surface area contributed by atoms with Crippen LogP contribution in [0.5, 0.6) is 0 Å². The van der Waals surface area contributed by atoms with Crippen molar-refractivity contribution in [1.29, 1.82) is 0 Å². The molecule has 0 aromatic heterocycles. The van der Waals surface area contributed by atoms with Gasteiger partial charge in [0.25, 0.3) is 0 Å². The van der Waals surface area contributed by atoms with E-state index in [1.165, 1.54) is 14.7 Å². The fourth-order valence-corrected chi connectivity index (χ4v) is 2.13. The van der Waals surface area contributed by atoms with Crippen molar-refractivity contribution in [3.8, 4) is 0 Å². The molecular weight excluding hydrogens is 337 g/mol. The molecule has 0 fully saturated rings. The average molecular weight is 353 g/mol. The van der Waals surface area contributed by atoms with Gasteiger partial charge in [-0.3, -0.25) is 0 Å². The van der Waals surface area contributed by atoms with E-state index in [2.05, 4.69) is 76.4 Å².